The number of hydrogen-bond donors (Lipinski definition) is 1. The summed E-state index contributed by atoms with van der Waals surface area (Å²) in [6.07, 6.45) is 11.5. The van der Waals surface area contributed by atoms with E-state index in [1.54, 1.807) is 4.88 Å². The fourth-order valence-corrected chi connectivity index (χ4v) is 5.25. The monoisotopic (exact) mass is 304 g/mol. The molecular formula is C18H28N2S. The zero-order valence-corrected chi connectivity index (χ0v) is 13.8. The summed E-state index contributed by atoms with van der Waals surface area (Å²) in [5.41, 5.74) is 0. The maximum Gasteiger partial charge on any atom is 0.0331 e. The van der Waals surface area contributed by atoms with Crippen LogP contribution in [0.15, 0.2) is 12.1 Å². The maximum atomic E-state index is 3.63. The molecule has 1 aromatic heterocycles. The number of piperidine rings is 1. The molecule has 1 saturated heterocycles. The molecule has 2 heterocycles. The van der Waals surface area contributed by atoms with Gasteiger partial charge in [-0.15, -0.1) is 11.3 Å². The molecule has 1 aliphatic heterocycles. The molecule has 0 aromatic carbocycles. The quantitative estimate of drug-likeness (QED) is 0.879. The highest BCUT2D eigenvalue weighted by molar-refractivity contribution is 7.11. The fourth-order valence-electron chi connectivity index (χ4n) is 4.26. The molecule has 2 atom stereocenters. The molecule has 2 nitrogen and oxygen atoms in total. The molecule has 0 bridgehead atoms. The molecule has 0 spiro atoms. The number of fused-ring (bicyclic) bond motifs is 1. The fraction of sp³-hybridized carbons (Fsp3) is 0.778. The van der Waals surface area contributed by atoms with Gasteiger partial charge in [0.25, 0.3) is 0 Å². The van der Waals surface area contributed by atoms with Gasteiger partial charge in [-0.3, -0.25) is 4.90 Å². The van der Waals surface area contributed by atoms with Crippen molar-refractivity contribution in [3.8, 4) is 0 Å². The number of hydrogen-bond acceptors (Lipinski definition) is 3. The molecule has 21 heavy (non-hydrogen) atoms. The summed E-state index contributed by atoms with van der Waals surface area (Å²) < 4.78 is 0. The highest BCUT2D eigenvalue weighted by Gasteiger charge is 2.33. The van der Waals surface area contributed by atoms with E-state index in [1.807, 2.05) is 11.3 Å². The zero-order chi connectivity index (χ0) is 14.1. The second-order valence-corrected chi connectivity index (χ2v) is 8.50. The van der Waals surface area contributed by atoms with Crippen LogP contribution < -0.4 is 5.32 Å². The van der Waals surface area contributed by atoms with Crippen molar-refractivity contribution in [2.45, 2.75) is 76.5 Å². The van der Waals surface area contributed by atoms with E-state index in [9.17, 15) is 0 Å². The standard InChI is InChI=1S/C18H28N2S/c1-2-6-18-14(4-1)5-3-11-20(18)13-17-10-9-16(21-17)12-19-15-7-8-15/h9-10,14-15,18-19H,1-8,11-13H2/t14-,18-/m1/s1. The molecule has 0 unspecified atom stereocenters. The first-order valence-corrected chi connectivity index (χ1v) is 9.75. The molecular weight excluding hydrogens is 276 g/mol. The van der Waals surface area contributed by atoms with E-state index in [1.165, 1.54) is 69.3 Å². The van der Waals surface area contributed by atoms with Crippen LogP contribution in [0.2, 0.25) is 0 Å². The summed E-state index contributed by atoms with van der Waals surface area (Å²) in [5, 5.41) is 3.63. The Kier molecular flexibility index (Phi) is 4.33. The highest BCUT2D eigenvalue weighted by atomic mass is 32.1. The van der Waals surface area contributed by atoms with Gasteiger partial charge in [-0.05, 0) is 63.1 Å². The van der Waals surface area contributed by atoms with Crippen molar-refractivity contribution in [3.05, 3.63) is 21.9 Å². The lowest BCUT2D eigenvalue weighted by Gasteiger charge is -2.44. The minimum Gasteiger partial charge on any atom is -0.309 e. The van der Waals surface area contributed by atoms with E-state index in [0.717, 1.165) is 24.5 Å². The predicted molar refractivity (Wildman–Crippen MR) is 89.6 cm³/mol. The van der Waals surface area contributed by atoms with Crippen molar-refractivity contribution >= 4 is 11.3 Å². The van der Waals surface area contributed by atoms with Crippen LogP contribution in [0.4, 0.5) is 0 Å². The predicted octanol–water partition coefficient (Wildman–Crippen LogP) is 4.15. The minimum absolute atomic E-state index is 0.820. The Bertz CT molecular complexity index is 464. The van der Waals surface area contributed by atoms with Gasteiger partial charge < -0.3 is 5.32 Å². The normalized spacial score (nSPS) is 30.3. The van der Waals surface area contributed by atoms with Crippen molar-refractivity contribution in [3.63, 3.8) is 0 Å². The number of likely N-dealkylation sites (tertiary alicyclic amines) is 1. The Morgan fingerprint density at radius 3 is 2.71 bits per heavy atom. The van der Waals surface area contributed by atoms with Crippen LogP contribution in [-0.4, -0.2) is 23.5 Å². The van der Waals surface area contributed by atoms with Crippen LogP contribution in [0.1, 0.15) is 61.1 Å². The van der Waals surface area contributed by atoms with E-state index in [4.69, 9.17) is 0 Å². The first-order chi connectivity index (χ1) is 10.4. The van der Waals surface area contributed by atoms with Gasteiger partial charge in [-0.2, -0.15) is 0 Å². The van der Waals surface area contributed by atoms with Gasteiger partial charge in [0.15, 0.2) is 0 Å². The molecule has 0 amide bonds. The summed E-state index contributed by atoms with van der Waals surface area (Å²) in [4.78, 5) is 5.90. The largest absolute Gasteiger partial charge is 0.309 e. The Morgan fingerprint density at radius 2 is 1.81 bits per heavy atom. The smallest absolute Gasteiger partial charge is 0.0331 e. The first kappa shape index (κ1) is 14.2. The van der Waals surface area contributed by atoms with Crippen LogP contribution in [0.5, 0.6) is 0 Å². The van der Waals surface area contributed by atoms with Crippen molar-refractivity contribution in [2.75, 3.05) is 6.54 Å². The highest BCUT2D eigenvalue weighted by Crippen LogP contribution is 2.36. The van der Waals surface area contributed by atoms with Crippen LogP contribution in [0.25, 0.3) is 0 Å². The van der Waals surface area contributed by atoms with Gasteiger partial charge in [0.05, 0.1) is 0 Å². The summed E-state index contributed by atoms with van der Waals surface area (Å²) in [5.74, 6) is 1.00. The third-order valence-corrected chi connectivity index (χ3v) is 6.65. The number of nitrogens with zero attached hydrogens (tertiary/aromatic N) is 1. The Balaban J connectivity index is 1.35. The summed E-state index contributed by atoms with van der Waals surface area (Å²) in [7, 11) is 0. The maximum absolute atomic E-state index is 3.63. The second-order valence-electron chi connectivity index (χ2n) is 7.25. The molecule has 1 N–H and O–H groups in total. The number of rotatable bonds is 5. The summed E-state index contributed by atoms with van der Waals surface area (Å²) >= 11 is 2.03. The van der Waals surface area contributed by atoms with Gasteiger partial charge in [0, 0.05) is 34.9 Å². The van der Waals surface area contributed by atoms with Crippen molar-refractivity contribution < 1.29 is 0 Å². The van der Waals surface area contributed by atoms with E-state index < -0.39 is 0 Å². The van der Waals surface area contributed by atoms with Crippen LogP contribution >= 0.6 is 11.3 Å². The average Bonchev–Trinajstić information content (AvgIpc) is 3.25. The van der Waals surface area contributed by atoms with Gasteiger partial charge in [0.2, 0.25) is 0 Å². The second kappa shape index (κ2) is 6.39. The topological polar surface area (TPSA) is 15.3 Å². The molecule has 4 rings (SSSR count). The average molecular weight is 305 g/mol. The molecule has 3 heteroatoms. The van der Waals surface area contributed by atoms with E-state index in [0.29, 0.717) is 0 Å². The van der Waals surface area contributed by atoms with Gasteiger partial charge in [0.1, 0.15) is 0 Å². The van der Waals surface area contributed by atoms with Gasteiger partial charge >= 0.3 is 0 Å². The van der Waals surface area contributed by atoms with Gasteiger partial charge in [-0.1, -0.05) is 12.8 Å². The van der Waals surface area contributed by atoms with E-state index >= 15 is 0 Å². The Morgan fingerprint density at radius 1 is 1.00 bits per heavy atom. The zero-order valence-electron chi connectivity index (χ0n) is 13.0. The van der Waals surface area contributed by atoms with Crippen molar-refractivity contribution in [2.24, 2.45) is 5.92 Å². The molecule has 2 saturated carbocycles. The van der Waals surface area contributed by atoms with E-state index in [2.05, 4.69) is 22.3 Å². The van der Waals surface area contributed by atoms with Crippen LogP contribution in [0.3, 0.4) is 0 Å². The van der Waals surface area contributed by atoms with Gasteiger partial charge in [-0.25, -0.2) is 0 Å². The van der Waals surface area contributed by atoms with Crippen LogP contribution in [0, 0.1) is 5.92 Å². The summed E-state index contributed by atoms with van der Waals surface area (Å²) in [6.45, 7) is 3.62. The minimum atomic E-state index is 0.820. The lowest BCUT2D eigenvalue weighted by atomic mass is 9.78. The first-order valence-electron chi connectivity index (χ1n) is 8.93. The van der Waals surface area contributed by atoms with Crippen LogP contribution in [-0.2, 0) is 13.1 Å². The van der Waals surface area contributed by atoms with Crippen molar-refractivity contribution in [1.29, 1.82) is 0 Å². The molecule has 1 aromatic rings. The Hall–Kier alpha value is -0.380. The molecule has 3 fully saturated rings. The molecule has 3 aliphatic rings. The number of nitrogens with one attached hydrogen (secondary N) is 1. The third-order valence-electron chi connectivity index (χ3n) is 5.58. The van der Waals surface area contributed by atoms with Crippen molar-refractivity contribution in [1.82, 2.24) is 10.2 Å². The molecule has 0 radical (unpaired) electrons. The van der Waals surface area contributed by atoms with E-state index in [-0.39, 0.29) is 0 Å². The lowest BCUT2D eigenvalue weighted by Crippen LogP contribution is -2.46. The Labute approximate surface area is 132 Å². The molecule has 116 valence electrons. The summed E-state index contributed by atoms with van der Waals surface area (Å²) in [6, 6.07) is 6.43. The third kappa shape index (κ3) is 3.52. The SMILES string of the molecule is c1cc(CN2CCC[C@H]3CCCC[C@H]32)sc1CNC1CC1. The number of thiophene rings is 1. The molecule has 2 aliphatic carbocycles. The lowest BCUT2D eigenvalue weighted by molar-refractivity contribution is 0.0555.